The molecule has 0 spiro atoms. The fraction of sp³-hybridized carbons (Fsp3) is 0.318. The Morgan fingerprint density at radius 3 is 2.62 bits per heavy atom. The summed E-state index contributed by atoms with van der Waals surface area (Å²) in [4.78, 5) is 41.5. The highest BCUT2D eigenvalue weighted by Gasteiger charge is 2.60. The molecule has 1 saturated heterocycles. The normalized spacial score (nSPS) is 19.7. The molecule has 1 atom stereocenters. The number of fused-ring (bicyclic) bond motifs is 3. The first-order valence-corrected chi connectivity index (χ1v) is 9.79. The van der Waals surface area contributed by atoms with Crippen LogP contribution in [0.2, 0.25) is 0 Å². The van der Waals surface area contributed by atoms with Crippen molar-refractivity contribution in [3.05, 3.63) is 53.6 Å². The number of amides is 2. The molecular weight excluding hydrogens is 426 g/mol. The standard InChI is InChI=1S/C22H20F2N2O6/c1-25-19(28)14-5-3-4-6-15(14)26-18(27)9-10-22(25,26)20(29)31-12-13-7-8-16(32-21(23)24)17(11-13)30-2/h3-8,11,21H,9-10,12H2,1-2H3. The van der Waals surface area contributed by atoms with Gasteiger partial charge in [-0.25, -0.2) is 4.79 Å². The zero-order valence-electron chi connectivity index (χ0n) is 17.3. The molecule has 2 amide bonds. The summed E-state index contributed by atoms with van der Waals surface area (Å²) in [6.45, 7) is -3.24. The average molecular weight is 446 g/mol. The lowest BCUT2D eigenvalue weighted by molar-refractivity contribution is -0.157. The summed E-state index contributed by atoms with van der Waals surface area (Å²) in [5.41, 5.74) is -0.446. The number of benzene rings is 2. The largest absolute Gasteiger partial charge is 0.493 e. The minimum Gasteiger partial charge on any atom is -0.493 e. The highest BCUT2D eigenvalue weighted by atomic mass is 19.3. The maximum atomic E-state index is 13.3. The average Bonchev–Trinajstić information content (AvgIpc) is 3.14. The van der Waals surface area contributed by atoms with E-state index in [1.165, 1.54) is 42.2 Å². The number of halogens is 2. The first-order chi connectivity index (χ1) is 15.3. The molecule has 2 aromatic rings. The van der Waals surface area contributed by atoms with Crippen molar-refractivity contribution in [3.8, 4) is 11.5 Å². The van der Waals surface area contributed by atoms with E-state index in [1.54, 1.807) is 24.3 Å². The van der Waals surface area contributed by atoms with Gasteiger partial charge in [0.25, 0.3) is 5.91 Å². The van der Waals surface area contributed by atoms with Crippen LogP contribution in [-0.4, -0.2) is 49.1 Å². The second-order valence-electron chi connectivity index (χ2n) is 7.37. The first-order valence-electron chi connectivity index (χ1n) is 9.79. The Morgan fingerprint density at radius 1 is 1.16 bits per heavy atom. The number of carbonyl (C=O) groups is 3. The maximum Gasteiger partial charge on any atom is 0.387 e. The number of carbonyl (C=O) groups excluding carboxylic acids is 3. The third-order valence-corrected chi connectivity index (χ3v) is 5.68. The van der Waals surface area contributed by atoms with E-state index >= 15 is 0 Å². The molecule has 1 fully saturated rings. The Bertz CT molecular complexity index is 1090. The minimum absolute atomic E-state index is 0.0496. The SMILES string of the molecule is COc1cc(COC(=O)C23CCC(=O)N2c2ccccc2C(=O)N3C)ccc1OC(F)F. The van der Waals surface area contributed by atoms with Crippen LogP contribution in [0.5, 0.6) is 11.5 Å². The van der Waals surface area contributed by atoms with Crippen LogP contribution in [0.3, 0.4) is 0 Å². The topological polar surface area (TPSA) is 85.4 Å². The Kier molecular flexibility index (Phi) is 5.45. The van der Waals surface area contributed by atoms with Crippen molar-refractivity contribution in [1.82, 2.24) is 4.90 Å². The summed E-state index contributed by atoms with van der Waals surface area (Å²) in [5.74, 6) is -1.55. The molecule has 0 N–H and O–H groups in total. The molecule has 2 aromatic carbocycles. The molecule has 0 radical (unpaired) electrons. The molecule has 0 bridgehead atoms. The quantitative estimate of drug-likeness (QED) is 0.635. The number of anilines is 1. The van der Waals surface area contributed by atoms with E-state index < -0.39 is 24.2 Å². The van der Waals surface area contributed by atoms with E-state index in [0.29, 0.717) is 16.8 Å². The number of ether oxygens (including phenoxy) is 3. The van der Waals surface area contributed by atoms with Crippen molar-refractivity contribution >= 4 is 23.5 Å². The number of hydrogen-bond acceptors (Lipinski definition) is 6. The molecule has 32 heavy (non-hydrogen) atoms. The maximum absolute atomic E-state index is 13.3. The third kappa shape index (κ3) is 3.31. The summed E-state index contributed by atoms with van der Waals surface area (Å²) in [5, 5.41) is 0. The molecular formula is C22H20F2N2O6. The van der Waals surface area contributed by atoms with E-state index in [2.05, 4.69) is 4.74 Å². The van der Waals surface area contributed by atoms with Gasteiger partial charge in [-0.05, 0) is 29.8 Å². The third-order valence-electron chi connectivity index (χ3n) is 5.68. The molecule has 0 aromatic heterocycles. The molecule has 2 aliphatic rings. The van der Waals surface area contributed by atoms with Crippen LogP contribution in [0.4, 0.5) is 14.5 Å². The second kappa shape index (κ2) is 8.10. The lowest BCUT2D eigenvalue weighted by Gasteiger charge is -2.46. The van der Waals surface area contributed by atoms with Gasteiger partial charge >= 0.3 is 12.6 Å². The van der Waals surface area contributed by atoms with Crippen LogP contribution in [0.15, 0.2) is 42.5 Å². The summed E-state index contributed by atoms with van der Waals surface area (Å²) in [6, 6.07) is 10.7. The number of para-hydroxylation sites is 1. The molecule has 10 heteroatoms. The highest BCUT2D eigenvalue weighted by molar-refractivity contribution is 6.15. The van der Waals surface area contributed by atoms with Gasteiger partial charge in [0, 0.05) is 19.9 Å². The molecule has 0 saturated carbocycles. The van der Waals surface area contributed by atoms with Crippen molar-refractivity contribution in [2.24, 2.45) is 0 Å². The Balaban J connectivity index is 1.60. The molecule has 8 nitrogen and oxygen atoms in total. The van der Waals surface area contributed by atoms with E-state index in [0.717, 1.165) is 0 Å². The smallest absolute Gasteiger partial charge is 0.387 e. The van der Waals surface area contributed by atoms with Crippen LogP contribution in [0, 0.1) is 0 Å². The molecule has 168 valence electrons. The van der Waals surface area contributed by atoms with Gasteiger partial charge in [-0.2, -0.15) is 8.78 Å². The van der Waals surface area contributed by atoms with Gasteiger partial charge in [0.1, 0.15) is 6.61 Å². The van der Waals surface area contributed by atoms with Gasteiger partial charge in [0.15, 0.2) is 11.5 Å². The van der Waals surface area contributed by atoms with Crippen molar-refractivity contribution in [2.45, 2.75) is 31.7 Å². The zero-order valence-corrected chi connectivity index (χ0v) is 17.3. The van der Waals surface area contributed by atoms with Crippen LogP contribution in [0.1, 0.15) is 28.8 Å². The first kappa shape index (κ1) is 21.5. The van der Waals surface area contributed by atoms with E-state index in [9.17, 15) is 23.2 Å². The van der Waals surface area contributed by atoms with Crippen LogP contribution >= 0.6 is 0 Å². The molecule has 1 unspecified atom stereocenters. The number of nitrogens with zero attached hydrogens (tertiary/aromatic N) is 2. The number of esters is 1. The summed E-state index contributed by atoms with van der Waals surface area (Å²) in [7, 11) is 2.76. The lowest BCUT2D eigenvalue weighted by Crippen LogP contribution is -2.67. The second-order valence-corrected chi connectivity index (χ2v) is 7.37. The number of likely N-dealkylation sites (N-methyl/N-ethyl adjacent to an activating group) is 1. The van der Waals surface area contributed by atoms with Gasteiger partial charge in [-0.1, -0.05) is 18.2 Å². The Morgan fingerprint density at radius 2 is 1.91 bits per heavy atom. The van der Waals surface area contributed by atoms with Gasteiger partial charge in [0.05, 0.1) is 18.4 Å². The molecule has 4 rings (SSSR count). The summed E-state index contributed by atoms with van der Waals surface area (Å²) >= 11 is 0. The van der Waals surface area contributed by atoms with Crippen LogP contribution in [0.25, 0.3) is 0 Å². The van der Waals surface area contributed by atoms with Crippen molar-refractivity contribution < 1.29 is 37.4 Å². The molecule has 0 aliphatic carbocycles. The Labute approximate surface area is 182 Å². The van der Waals surface area contributed by atoms with Crippen molar-refractivity contribution in [2.75, 3.05) is 19.1 Å². The fourth-order valence-corrected chi connectivity index (χ4v) is 4.15. The van der Waals surface area contributed by atoms with Gasteiger partial charge < -0.3 is 19.1 Å². The number of rotatable bonds is 6. The van der Waals surface area contributed by atoms with E-state index in [1.807, 2.05) is 0 Å². The monoisotopic (exact) mass is 446 g/mol. The number of hydrogen-bond donors (Lipinski definition) is 0. The highest BCUT2D eigenvalue weighted by Crippen LogP contribution is 2.44. The predicted octanol–water partition coefficient (Wildman–Crippen LogP) is 2.95. The summed E-state index contributed by atoms with van der Waals surface area (Å²) in [6.07, 6.45) is 0.167. The van der Waals surface area contributed by atoms with Gasteiger partial charge in [-0.15, -0.1) is 0 Å². The van der Waals surface area contributed by atoms with Crippen molar-refractivity contribution in [3.63, 3.8) is 0 Å². The fourth-order valence-electron chi connectivity index (χ4n) is 4.15. The zero-order chi connectivity index (χ0) is 23.0. The van der Waals surface area contributed by atoms with Crippen LogP contribution in [-0.2, 0) is 20.9 Å². The predicted molar refractivity (Wildman–Crippen MR) is 107 cm³/mol. The Hall–Kier alpha value is -3.69. The van der Waals surface area contributed by atoms with Crippen LogP contribution < -0.4 is 14.4 Å². The minimum atomic E-state index is -3.01. The van der Waals surface area contributed by atoms with Gasteiger partial charge in [0.2, 0.25) is 11.6 Å². The van der Waals surface area contributed by atoms with E-state index in [-0.39, 0.29) is 36.9 Å². The number of methoxy groups -OCH3 is 1. The summed E-state index contributed by atoms with van der Waals surface area (Å²) < 4.78 is 40.0. The molecule has 2 heterocycles. The van der Waals surface area contributed by atoms with Gasteiger partial charge in [-0.3, -0.25) is 14.5 Å². The van der Waals surface area contributed by atoms with E-state index in [4.69, 9.17) is 9.47 Å². The lowest BCUT2D eigenvalue weighted by atomic mass is 9.97. The number of alkyl halides is 2. The van der Waals surface area contributed by atoms with Crippen molar-refractivity contribution in [1.29, 1.82) is 0 Å². The molecule has 2 aliphatic heterocycles.